The van der Waals surface area contributed by atoms with Gasteiger partial charge >= 0.3 is 6.18 Å². The van der Waals surface area contributed by atoms with E-state index in [9.17, 15) is 23.1 Å². The van der Waals surface area contributed by atoms with Gasteiger partial charge in [0.25, 0.3) is 0 Å². The summed E-state index contributed by atoms with van der Waals surface area (Å²) < 4.78 is 37.8. The van der Waals surface area contributed by atoms with Crippen LogP contribution in [0.5, 0.6) is 0 Å². The van der Waals surface area contributed by atoms with Crippen molar-refractivity contribution < 1.29 is 23.1 Å². The zero-order valence-corrected chi connectivity index (χ0v) is 17.4. The number of alkyl halides is 3. The predicted octanol–water partition coefficient (Wildman–Crippen LogP) is 3.73. The van der Waals surface area contributed by atoms with Crippen molar-refractivity contribution in [2.45, 2.75) is 26.1 Å². The third-order valence-electron chi connectivity index (χ3n) is 4.83. The molecular formula is C19H17F3N4O2S2. The molecule has 3 aromatic heterocycles. The van der Waals surface area contributed by atoms with Crippen molar-refractivity contribution in [3.05, 3.63) is 45.1 Å². The maximum absolute atomic E-state index is 12.6. The number of aliphatic hydroxyl groups is 1. The molecular weight excluding hydrogens is 437 g/mol. The van der Waals surface area contributed by atoms with E-state index in [1.807, 2.05) is 17.2 Å². The van der Waals surface area contributed by atoms with E-state index in [2.05, 4.69) is 15.0 Å². The number of hydrogen-bond acceptors (Lipinski definition) is 8. The van der Waals surface area contributed by atoms with E-state index >= 15 is 0 Å². The van der Waals surface area contributed by atoms with Crippen molar-refractivity contribution in [2.24, 2.45) is 5.92 Å². The molecule has 1 saturated heterocycles. The second kappa shape index (κ2) is 8.05. The average molecular weight is 454 g/mol. The monoisotopic (exact) mass is 454 g/mol. The number of ketones is 1. The van der Waals surface area contributed by atoms with Gasteiger partial charge in [-0.15, -0.1) is 22.7 Å². The number of aryl methyl sites for hydroxylation is 1. The summed E-state index contributed by atoms with van der Waals surface area (Å²) >= 11 is 2.79. The van der Waals surface area contributed by atoms with Crippen LogP contribution in [0.1, 0.15) is 21.4 Å². The van der Waals surface area contributed by atoms with Crippen LogP contribution in [-0.4, -0.2) is 38.9 Å². The van der Waals surface area contributed by atoms with Crippen LogP contribution in [0.2, 0.25) is 0 Å². The van der Waals surface area contributed by atoms with Gasteiger partial charge in [-0.1, -0.05) is 0 Å². The van der Waals surface area contributed by atoms with E-state index in [0.717, 1.165) is 22.3 Å². The van der Waals surface area contributed by atoms with E-state index in [4.69, 9.17) is 0 Å². The zero-order valence-electron chi connectivity index (χ0n) is 15.8. The second-order valence-electron chi connectivity index (χ2n) is 6.95. The fraction of sp³-hybridized carbons (Fsp3) is 0.368. The molecule has 11 heteroatoms. The van der Waals surface area contributed by atoms with Crippen LogP contribution >= 0.6 is 22.7 Å². The number of rotatable bonds is 6. The van der Waals surface area contributed by atoms with Crippen molar-refractivity contribution >= 4 is 34.1 Å². The van der Waals surface area contributed by atoms with E-state index in [-0.39, 0.29) is 24.7 Å². The Morgan fingerprint density at radius 3 is 2.63 bits per heavy atom. The minimum atomic E-state index is -4.46. The highest BCUT2D eigenvalue weighted by atomic mass is 32.1. The van der Waals surface area contributed by atoms with E-state index in [1.54, 1.807) is 0 Å². The lowest BCUT2D eigenvalue weighted by molar-refractivity contribution is -0.141. The predicted molar refractivity (Wildman–Crippen MR) is 108 cm³/mol. The Labute approximate surface area is 178 Å². The van der Waals surface area contributed by atoms with E-state index in [0.29, 0.717) is 28.8 Å². The van der Waals surface area contributed by atoms with Gasteiger partial charge in [0.05, 0.1) is 47.1 Å². The highest BCUT2D eigenvalue weighted by Crippen LogP contribution is 2.33. The number of Topliss-reactive ketones (excluding diaryl/α,β-unsaturated/α-hetero) is 1. The zero-order chi connectivity index (χ0) is 21.5. The molecule has 0 spiro atoms. The maximum Gasteiger partial charge on any atom is 0.433 e. The Morgan fingerprint density at radius 2 is 2.03 bits per heavy atom. The first-order chi connectivity index (χ1) is 14.2. The first-order valence-electron chi connectivity index (χ1n) is 9.07. The molecule has 0 saturated carbocycles. The van der Waals surface area contributed by atoms with Gasteiger partial charge in [-0.25, -0.2) is 15.0 Å². The fourth-order valence-corrected chi connectivity index (χ4v) is 4.94. The molecule has 0 bridgehead atoms. The van der Waals surface area contributed by atoms with E-state index in [1.165, 1.54) is 34.9 Å². The number of pyridine rings is 1. The molecule has 158 valence electrons. The summed E-state index contributed by atoms with van der Waals surface area (Å²) in [5.41, 5.74) is 1.20. The third kappa shape index (κ3) is 4.23. The molecule has 0 aliphatic carbocycles. The van der Waals surface area contributed by atoms with Gasteiger partial charge in [-0.05, 0) is 19.1 Å². The van der Waals surface area contributed by atoms with Crippen molar-refractivity contribution in [3.8, 4) is 10.6 Å². The first kappa shape index (κ1) is 20.9. The molecule has 4 heterocycles. The van der Waals surface area contributed by atoms with Crippen LogP contribution in [0.25, 0.3) is 10.6 Å². The highest BCUT2D eigenvalue weighted by Gasteiger charge is 2.35. The number of aromatic nitrogens is 3. The number of aliphatic hydroxyl groups excluding tert-OH is 1. The number of carbonyl (C=O) groups is 1. The van der Waals surface area contributed by atoms with Gasteiger partial charge in [0.2, 0.25) is 0 Å². The first-order valence-corrected chi connectivity index (χ1v) is 10.8. The summed E-state index contributed by atoms with van der Waals surface area (Å²) in [7, 11) is 0. The lowest BCUT2D eigenvalue weighted by Crippen LogP contribution is -2.51. The van der Waals surface area contributed by atoms with Gasteiger partial charge in [-0.2, -0.15) is 13.2 Å². The maximum atomic E-state index is 12.6. The third-order valence-corrected chi connectivity index (χ3v) is 6.84. The van der Waals surface area contributed by atoms with Crippen LogP contribution in [-0.2, 0) is 24.0 Å². The number of anilines is 1. The summed E-state index contributed by atoms with van der Waals surface area (Å²) in [6, 6.07) is 2.33. The quantitative estimate of drug-likeness (QED) is 0.612. The minimum absolute atomic E-state index is 0.0593. The molecule has 4 rings (SSSR count). The molecule has 0 amide bonds. The molecule has 1 aliphatic heterocycles. The summed E-state index contributed by atoms with van der Waals surface area (Å²) in [5.74, 6) is -0.116. The molecule has 1 fully saturated rings. The molecule has 0 unspecified atom stereocenters. The fourth-order valence-electron chi connectivity index (χ4n) is 3.18. The Kier molecular flexibility index (Phi) is 5.60. The standard InChI is InChI=1S/C19H17F3N4O2S2/c1-10-18(30-17(8-27)24-10)13-9-29-16(25-13)4-14(28)11-6-26(7-11)12-2-3-15(23-5-12)19(20,21)22/h2-3,5,9,11,27H,4,6-8H2,1H3. The summed E-state index contributed by atoms with van der Waals surface area (Å²) in [4.78, 5) is 27.5. The second-order valence-corrected chi connectivity index (χ2v) is 8.98. The van der Waals surface area contributed by atoms with Gasteiger partial charge in [0, 0.05) is 18.5 Å². The Hall–Kier alpha value is -2.37. The van der Waals surface area contributed by atoms with Crippen LogP contribution in [0.15, 0.2) is 23.7 Å². The van der Waals surface area contributed by atoms with Crippen molar-refractivity contribution in [3.63, 3.8) is 0 Å². The van der Waals surface area contributed by atoms with Crippen molar-refractivity contribution in [1.29, 1.82) is 0 Å². The Morgan fingerprint density at radius 1 is 1.27 bits per heavy atom. The lowest BCUT2D eigenvalue weighted by atomic mass is 9.93. The Balaban J connectivity index is 1.34. The SMILES string of the molecule is Cc1nc(CO)sc1-c1csc(CC(=O)C2CN(c3ccc(C(F)(F)F)nc3)C2)n1. The topological polar surface area (TPSA) is 79.2 Å². The van der Waals surface area contributed by atoms with E-state index < -0.39 is 11.9 Å². The van der Waals surface area contributed by atoms with Crippen LogP contribution in [0.4, 0.5) is 18.9 Å². The molecule has 6 nitrogen and oxygen atoms in total. The summed E-state index contributed by atoms with van der Waals surface area (Å²) in [5, 5.41) is 12.4. The number of nitrogens with zero attached hydrogens (tertiary/aromatic N) is 4. The average Bonchev–Trinajstić information content (AvgIpc) is 3.26. The summed E-state index contributed by atoms with van der Waals surface area (Å²) in [6.45, 7) is 2.65. The normalized spacial score (nSPS) is 14.8. The molecule has 0 radical (unpaired) electrons. The molecule has 0 atom stereocenters. The van der Waals surface area contributed by atoms with Gasteiger partial charge in [0.1, 0.15) is 21.5 Å². The van der Waals surface area contributed by atoms with Gasteiger partial charge in [0.15, 0.2) is 0 Å². The van der Waals surface area contributed by atoms with Gasteiger partial charge < -0.3 is 10.0 Å². The summed E-state index contributed by atoms with van der Waals surface area (Å²) in [6.07, 6.45) is -3.05. The van der Waals surface area contributed by atoms with Crippen molar-refractivity contribution in [2.75, 3.05) is 18.0 Å². The van der Waals surface area contributed by atoms with Crippen LogP contribution in [0.3, 0.4) is 0 Å². The molecule has 3 aromatic rings. The highest BCUT2D eigenvalue weighted by molar-refractivity contribution is 7.16. The number of halogens is 3. The smallest absolute Gasteiger partial charge is 0.389 e. The minimum Gasteiger partial charge on any atom is -0.389 e. The molecule has 1 aliphatic rings. The van der Waals surface area contributed by atoms with Crippen LogP contribution < -0.4 is 4.90 Å². The Bertz CT molecular complexity index is 1060. The number of carbonyl (C=O) groups excluding carboxylic acids is 1. The molecule has 30 heavy (non-hydrogen) atoms. The van der Waals surface area contributed by atoms with Crippen LogP contribution in [0, 0.1) is 12.8 Å². The number of thiazole rings is 2. The van der Waals surface area contributed by atoms with Gasteiger partial charge in [-0.3, -0.25) is 4.79 Å². The number of hydrogen-bond donors (Lipinski definition) is 1. The van der Waals surface area contributed by atoms with Crippen molar-refractivity contribution in [1.82, 2.24) is 15.0 Å². The molecule has 1 N–H and O–H groups in total. The lowest BCUT2D eigenvalue weighted by Gasteiger charge is -2.39. The molecule has 0 aromatic carbocycles. The largest absolute Gasteiger partial charge is 0.433 e.